The number of nitriles is 1. The lowest BCUT2D eigenvalue weighted by atomic mass is 10.1. The molecule has 2 aromatic carbocycles. The molecule has 0 aliphatic carbocycles. The van der Waals surface area contributed by atoms with Crippen molar-refractivity contribution in [2.75, 3.05) is 17.7 Å². The van der Waals surface area contributed by atoms with Crippen LogP contribution in [-0.4, -0.2) is 28.9 Å². The largest absolute Gasteiger partial charge is 0.438 e. The van der Waals surface area contributed by atoms with E-state index in [0.717, 1.165) is 6.39 Å². The minimum atomic E-state index is -0.503. The number of oxazole rings is 1. The summed E-state index contributed by atoms with van der Waals surface area (Å²) < 4.78 is 4.99. The number of hydrogen-bond acceptors (Lipinski definition) is 5. The molecule has 0 saturated carbocycles. The summed E-state index contributed by atoms with van der Waals surface area (Å²) in [4.78, 5) is 29.9. The molecule has 0 fully saturated rings. The van der Waals surface area contributed by atoms with E-state index in [1.54, 1.807) is 49.5 Å². The summed E-state index contributed by atoms with van der Waals surface area (Å²) in [7, 11) is 1.60. The molecule has 0 saturated heterocycles. The Morgan fingerprint density at radius 3 is 2.76 bits per heavy atom. The molecule has 3 rings (SSSR count). The van der Waals surface area contributed by atoms with Gasteiger partial charge in [-0.1, -0.05) is 29.8 Å². The van der Waals surface area contributed by atoms with Crippen LogP contribution in [0.5, 0.6) is 0 Å². The molecule has 1 heterocycles. The molecule has 0 radical (unpaired) electrons. The number of carbonyl (C=O) groups is 2. The van der Waals surface area contributed by atoms with Crippen LogP contribution in [0.1, 0.15) is 21.7 Å². The molecule has 146 valence electrons. The van der Waals surface area contributed by atoms with Crippen molar-refractivity contribution >= 4 is 34.9 Å². The number of nitrogens with one attached hydrogen (secondary N) is 2. The van der Waals surface area contributed by atoms with Gasteiger partial charge in [0.05, 0.1) is 28.5 Å². The highest BCUT2D eigenvalue weighted by Crippen LogP contribution is 2.27. The van der Waals surface area contributed by atoms with E-state index in [9.17, 15) is 9.59 Å². The first-order valence-corrected chi connectivity index (χ1v) is 8.85. The standard InChI is InChI=1S/C20H16ClN5O3/c1-26(20(28)24-15-6-2-4-13(8-15)9-22)11-14-5-3-7-16(21)18(14)25-19(27)17-10-23-12-29-17/h2-8,10,12H,11H2,1H3,(H,24,28)(H,25,27). The van der Waals surface area contributed by atoms with Crippen molar-refractivity contribution in [2.45, 2.75) is 6.54 Å². The highest BCUT2D eigenvalue weighted by atomic mass is 35.5. The summed E-state index contributed by atoms with van der Waals surface area (Å²) in [6, 6.07) is 13.3. The molecule has 3 amide bonds. The first-order chi connectivity index (χ1) is 14.0. The minimum Gasteiger partial charge on any atom is -0.438 e. The van der Waals surface area contributed by atoms with Crippen LogP contribution >= 0.6 is 11.6 Å². The second kappa shape index (κ2) is 8.91. The number of benzene rings is 2. The summed E-state index contributed by atoms with van der Waals surface area (Å²) in [5, 5.41) is 14.7. The number of anilines is 2. The van der Waals surface area contributed by atoms with Gasteiger partial charge in [0.15, 0.2) is 6.39 Å². The number of hydrogen-bond donors (Lipinski definition) is 2. The molecule has 3 aromatic rings. The summed E-state index contributed by atoms with van der Waals surface area (Å²) in [5.74, 6) is -0.461. The fourth-order valence-corrected chi connectivity index (χ4v) is 2.80. The van der Waals surface area contributed by atoms with Gasteiger partial charge < -0.3 is 20.0 Å². The normalized spacial score (nSPS) is 10.1. The Labute approximate surface area is 171 Å². The van der Waals surface area contributed by atoms with E-state index in [2.05, 4.69) is 15.6 Å². The van der Waals surface area contributed by atoms with Gasteiger partial charge >= 0.3 is 6.03 Å². The Kier molecular flexibility index (Phi) is 6.12. The average molecular weight is 410 g/mol. The van der Waals surface area contributed by atoms with Gasteiger partial charge in [-0.2, -0.15) is 5.26 Å². The number of carbonyl (C=O) groups excluding carboxylic acids is 2. The quantitative estimate of drug-likeness (QED) is 0.658. The maximum Gasteiger partial charge on any atom is 0.321 e. The molecule has 1 aromatic heterocycles. The first-order valence-electron chi connectivity index (χ1n) is 8.47. The van der Waals surface area contributed by atoms with Crippen LogP contribution < -0.4 is 10.6 Å². The van der Waals surface area contributed by atoms with Gasteiger partial charge in [0, 0.05) is 19.3 Å². The summed E-state index contributed by atoms with van der Waals surface area (Å²) in [6.07, 6.45) is 2.45. The van der Waals surface area contributed by atoms with E-state index in [1.165, 1.54) is 11.1 Å². The van der Waals surface area contributed by atoms with E-state index in [1.807, 2.05) is 6.07 Å². The molecule has 0 bridgehead atoms. The van der Waals surface area contributed by atoms with Crippen LogP contribution in [0, 0.1) is 11.3 Å². The second-order valence-electron chi connectivity index (χ2n) is 6.07. The highest BCUT2D eigenvalue weighted by Gasteiger charge is 2.17. The predicted molar refractivity (Wildman–Crippen MR) is 108 cm³/mol. The molecule has 0 unspecified atom stereocenters. The second-order valence-corrected chi connectivity index (χ2v) is 6.48. The Morgan fingerprint density at radius 2 is 2.03 bits per heavy atom. The topological polar surface area (TPSA) is 111 Å². The Morgan fingerprint density at radius 1 is 1.24 bits per heavy atom. The van der Waals surface area contributed by atoms with Crippen LogP contribution in [-0.2, 0) is 6.54 Å². The fraction of sp³-hybridized carbons (Fsp3) is 0.100. The molecular formula is C20H16ClN5O3. The molecule has 0 aliphatic rings. The van der Waals surface area contributed by atoms with Crippen molar-refractivity contribution in [2.24, 2.45) is 0 Å². The zero-order valence-electron chi connectivity index (χ0n) is 15.3. The zero-order valence-corrected chi connectivity index (χ0v) is 16.1. The van der Waals surface area contributed by atoms with Gasteiger partial charge in [-0.25, -0.2) is 9.78 Å². The van der Waals surface area contributed by atoms with Crippen molar-refractivity contribution in [1.82, 2.24) is 9.88 Å². The summed E-state index contributed by atoms with van der Waals surface area (Å²) in [5.41, 5.74) is 1.96. The van der Waals surface area contributed by atoms with Crippen molar-refractivity contribution in [3.05, 3.63) is 77.0 Å². The minimum absolute atomic E-state index is 0.0411. The van der Waals surface area contributed by atoms with E-state index in [0.29, 0.717) is 27.5 Å². The van der Waals surface area contributed by atoms with E-state index in [4.69, 9.17) is 21.3 Å². The van der Waals surface area contributed by atoms with Gasteiger partial charge in [-0.15, -0.1) is 0 Å². The number of amides is 3. The van der Waals surface area contributed by atoms with Crippen LogP contribution in [0.15, 0.2) is 59.5 Å². The molecule has 2 N–H and O–H groups in total. The third-order valence-corrected chi connectivity index (χ3v) is 4.31. The number of rotatable bonds is 5. The Bertz CT molecular complexity index is 1080. The number of aromatic nitrogens is 1. The van der Waals surface area contributed by atoms with Gasteiger partial charge in [0.1, 0.15) is 0 Å². The van der Waals surface area contributed by atoms with Crippen LogP contribution in [0.2, 0.25) is 5.02 Å². The van der Waals surface area contributed by atoms with Gasteiger partial charge in [-0.3, -0.25) is 4.79 Å². The Hall–Kier alpha value is -3.83. The molecule has 8 nitrogen and oxygen atoms in total. The number of para-hydroxylation sites is 1. The fourth-order valence-electron chi connectivity index (χ4n) is 2.56. The number of urea groups is 1. The third-order valence-electron chi connectivity index (χ3n) is 3.99. The van der Waals surface area contributed by atoms with Crippen LogP contribution in [0.4, 0.5) is 16.2 Å². The van der Waals surface area contributed by atoms with Crippen LogP contribution in [0.25, 0.3) is 0 Å². The van der Waals surface area contributed by atoms with Crippen molar-refractivity contribution in [3.63, 3.8) is 0 Å². The molecule has 0 aliphatic heterocycles. The lowest BCUT2D eigenvalue weighted by Crippen LogP contribution is -2.31. The van der Waals surface area contributed by atoms with E-state index < -0.39 is 5.91 Å². The zero-order chi connectivity index (χ0) is 20.8. The van der Waals surface area contributed by atoms with Gasteiger partial charge in [0.25, 0.3) is 5.91 Å². The lowest BCUT2D eigenvalue weighted by molar-refractivity contribution is 0.0996. The molecule has 9 heteroatoms. The SMILES string of the molecule is CN(Cc1cccc(Cl)c1NC(=O)c1cnco1)C(=O)Nc1cccc(C#N)c1. The highest BCUT2D eigenvalue weighted by molar-refractivity contribution is 6.34. The summed E-state index contributed by atoms with van der Waals surface area (Å²) >= 11 is 6.25. The lowest BCUT2D eigenvalue weighted by Gasteiger charge is -2.20. The van der Waals surface area contributed by atoms with Crippen molar-refractivity contribution in [3.8, 4) is 6.07 Å². The monoisotopic (exact) mass is 409 g/mol. The first kappa shape index (κ1) is 19.9. The molecular weight excluding hydrogens is 394 g/mol. The molecule has 0 atom stereocenters. The predicted octanol–water partition coefficient (Wildman–Crippen LogP) is 4.12. The third kappa shape index (κ3) is 4.91. The molecule has 29 heavy (non-hydrogen) atoms. The maximum absolute atomic E-state index is 12.5. The van der Waals surface area contributed by atoms with Gasteiger partial charge in [0.2, 0.25) is 5.76 Å². The summed E-state index contributed by atoms with van der Waals surface area (Å²) in [6.45, 7) is 0.177. The molecule has 0 spiro atoms. The Balaban J connectivity index is 1.73. The number of halogens is 1. The van der Waals surface area contributed by atoms with Crippen molar-refractivity contribution in [1.29, 1.82) is 5.26 Å². The van der Waals surface area contributed by atoms with E-state index in [-0.39, 0.29) is 18.3 Å². The van der Waals surface area contributed by atoms with Gasteiger partial charge in [-0.05, 0) is 29.8 Å². The smallest absolute Gasteiger partial charge is 0.321 e. The van der Waals surface area contributed by atoms with Crippen molar-refractivity contribution < 1.29 is 14.0 Å². The number of nitrogens with zero attached hydrogens (tertiary/aromatic N) is 3. The van der Waals surface area contributed by atoms with E-state index >= 15 is 0 Å². The van der Waals surface area contributed by atoms with Crippen LogP contribution in [0.3, 0.4) is 0 Å². The maximum atomic E-state index is 12.5. The average Bonchev–Trinajstić information content (AvgIpc) is 3.25.